The zero-order valence-corrected chi connectivity index (χ0v) is 12.4. The number of anilines is 1. The lowest BCUT2D eigenvalue weighted by atomic mass is 10.1. The average molecular weight is 285 g/mol. The predicted molar refractivity (Wildman–Crippen MR) is 83.0 cm³/mol. The van der Waals surface area contributed by atoms with Gasteiger partial charge in [0.25, 0.3) is 0 Å². The highest BCUT2D eigenvalue weighted by atomic mass is 32.1. The Morgan fingerprint density at radius 2 is 1.90 bits per heavy atom. The molecule has 0 saturated carbocycles. The smallest absolute Gasteiger partial charge is 0.164 e. The highest BCUT2D eigenvalue weighted by Crippen LogP contribution is 2.40. The largest absolute Gasteiger partial charge is 0.276 e. The molecule has 0 bridgehead atoms. The molecule has 0 radical (unpaired) electrons. The Labute approximate surface area is 121 Å². The molecule has 0 unspecified atom stereocenters. The minimum atomic E-state index is 0.799. The molecule has 0 saturated heterocycles. The molecule has 0 N–H and O–H groups in total. The molecule has 0 spiro atoms. The molecule has 0 fully saturated rings. The lowest BCUT2D eigenvalue weighted by Crippen LogP contribution is -2.16. The van der Waals surface area contributed by atoms with E-state index in [-0.39, 0.29) is 0 Å². The first-order chi connectivity index (χ1) is 9.72. The Morgan fingerprint density at radius 1 is 1.15 bits per heavy atom. The maximum Gasteiger partial charge on any atom is 0.164 e. The van der Waals surface area contributed by atoms with Crippen LogP contribution in [0, 0.1) is 6.92 Å². The lowest BCUT2D eigenvalue weighted by Gasteiger charge is -2.15. The molecule has 2 heterocycles. The molecule has 0 aliphatic heterocycles. The molecule has 0 aliphatic rings. The van der Waals surface area contributed by atoms with E-state index in [0.717, 1.165) is 16.0 Å². The molecule has 4 nitrogen and oxygen atoms in total. The van der Waals surface area contributed by atoms with Gasteiger partial charge in [-0.15, -0.1) is 11.3 Å². The molecule has 0 atom stereocenters. The normalized spacial score (nSPS) is 10.9. The Bertz CT molecular complexity index is 739. The number of aryl methyl sites for hydroxylation is 1. The Hall–Kier alpha value is -1.98. The van der Waals surface area contributed by atoms with E-state index in [1.54, 1.807) is 29.8 Å². The quantitative estimate of drug-likeness (QED) is 0.688. The van der Waals surface area contributed by atoms with Crippen LogP contribution in [0.4, 0.5) is 5.82 Å². The molecule has 20 heavy (non-hydrogen) atoms. The lowest BCUT2D eigenvalue weighted by molar-refractivity contribution is 0.183. The van der Waals surface area contributed by atoms with Crippen molar-refractivity contribution in [3.8, 4) is 10.4 Å². The molecule has 0 aliphatic carbocycles. The standard InChI is InChI=1S/C15H15N3OS/c1-10-12-14(18(2)19-3)16-9-17-15(12)20-13(10)11-7-5-4-6-8-11/h4-9H,1-3H3. The summed E-state index contributed by atoms with van der Waals surface area (Å²) in [5, 5.41) is 2.72. The topological polar surface area (TPSA) is 38.2 Å². The number of hydrogen-bond donors (Lipinski definition) is 0. The van der Waals surface area contributed by atoms with Crippen LogP contribution < -0.4 is 5.06 Å². The van der Waals surface area contributed by atoms with Crippen LogP contribution in [0.5, 0.6) is 0 Å². The van der Waals surface area contributed by atoms with Crippen molar-refractivity contribution in [3.63, 3.8) is 0 Å². The van der Waals surface area contributed by atoms with Gasteiger partial charge in [-0.3, -0.25) is 4.84 Å². The van der Waals surface area contributed by atoms with Crippen molar-refractivity contribution in [2.45, 2.75) is 6.92 Å². The summed E-state index contributed by atoms with van der Waals surface area (Å²) in [6.45, 7) is 2.11. The van der Waals surface area contributed by atoms with Crippen molar-refractivity contribution in [1.29, 1.82) is 0 Å². The number of hydroxylamine groups is 1. The third-order valence-corrected chi connectivity index (χ3v) is 4.56. The fraction of sp³-hybridized carbons (Fsp3) is 0.200. The first-order valence-corrected chi connectivity index (χ1v) is 7.11. The van der Waals surface area contributed by atoms with Crippen molar-refractivity contribution in [1.82, 2.24) is 9.97 Å². The Balaban J connectivity index is 2.26. The van der Waals surface area contributed by atoms with Gasteiger partial charge >= 0.3 is 0 Å². The molecule has 3 rings (SSSR count). The summed E-state index contributed by atoms with van der Waals surface area (Å²) in [7, 11) is 3.48. The summed E-state index contributed by atoms with van der Waals surface area (Å²) in [5.74, 6) is 0.799. The highest BCUT2D eigenvalue weighted by molar-refractivity contribution is 7.22. The van der Waals surface area contributed by atoms with Gasteiger partial charge in [-0.2, -0.15) is 0 Å². The second-order valence-corrected chi connectivity index (χ2v) is 5.48. The first-order valence-electron chi connectivity index (χ1n) is 6.29. The molecule has 0 amide bonds. The van der Waals surface area contributed by atoms with E-state index >= 15 is 0 Å². The van der Waals surface area contributed by atoms with Crippen molar-refractivity contribution in [3.05, 3.63) is 42.2 Å². The first kappa shape index (κ1) is 13.0. The van der Waals surface area contributed by atoms with Gasteiger partial charge in [0.05, 0.1) is 12.5 Å². The van der Waals surface area contributed by atoms with E-state index in [9.17, 15) is 0 Å². The van der Waals surface area contributed by atoms with Crippen LogP contribution in [-0.4, -0.2) is 24.1 Å². The minimum absolute atomic E-state index is 0.799. The van der Waals surface area contributed by atoms with Gasteiger partial charge in [-0.25, -0.2) is 15.0 Å². The zero-order chi connectivity index (χ0) is 14.1. The third kappa shape index (κ3) is 2.05. The SMILES string of the molecule is CON(C)c1ncnc2sc(-c3ccccc3)c(C)c12. The summed E-state index contributed by atoms with van der Waals surface area (Å²) in [6.07, 6.45) is 1.58. The van der Waals surface area contributed by atoms with E-state index in [0.29, 0.717) is 0 Å². The van der Waals surface area contributed by atoms with Crippen LogP contribution in [0.25, 0.3) is 20.7 Å². The van der Waals surface area contributed by atoms with Gasteiger partial charge in [-0.05, 0) is 18.1 Å². The van der Waals surface area contributed by atoms with Gasteiger partial charge in [0.1, 0.15) is 11.2 Å². The highest BCUT2D eigenvalue weighted by Gasteiger charge is 2.17. The van der Waals surface area contributed by atoms with Gasteiger partial charge in [0.15, 0.2) is 5.82 Å². The summed E-state index contributed by atoms with van der Waals surface area (Å²) in [5.41, 5.74) is 2.40. The van der Waals surface area contributed by atoms with Gasteiger partial charge in [0.2, 0.25) is 0 Å². The number of rotatable bonds is 3. The van der Waals surface area contributed by atoms with Crippen LogP contribution >= 0.6 is 11.3 Å². The molecule has 1 aromatic carbocycles. The number of aromatic nitrogens is 2. The molecular weight excluding hydrogens is 270 g/mol. The fourth-order valence-corrected chi connectivity index (χ4v) is 3.39. The number of nitrogens with zero attached hydrogens (tertiary/aromatic N) is 3. The van der Waals surface area contributed by atoms with Gasteiger partial charge in [-0.1, -0.05) is 30.3 Å². The van der Waals surface area contributed by atoms with Crippen LogP contribution in [0.2, 0.25) is 0 Å². The summed E-state index contributed by atoms with van der Waals surface area (Å²) in [4.78, 5) is 16.2. The van der Waals surface area contributed by atoms with Gasteiger partial charge < -0.3 is 0 Å². The molecule has 3 aromatic rings. The number of fused-ring (bicyclic) bond motifs is 1. The van der Waals surface area contributed by atoms with E-state index in [1.807, 2.05) is 25.2 Å². The predicted octanol–water partition coefficient (Wildman–Crippen LogP) is 3.66. The summed E-state index contributed by atoms with van der Waals surface area (Å²) in [6, 6.07) is 10.4. The Morgan fingerprint density at radius 3 is 2.60 bits per heavy atom. The number of benzene rings is 1. The van der Waals surface area contributed by atoms with E-state index < -0.39 is 0 Å². The van der Waals surface area contributed by atoms with Crippen LogP contribution in [0.15, 0.2) is 36.7 Å². The minimum Gasteiger partial charge on any atom is -0.276 e. The van der Waals surface area contributed by atoms with Crippen LogP contribution in [0.3, 0.4) is 0 Å². The fourth-order valence-electron chi connectivity index (χ4n) is 2.24. The number of hydrogen-bond acceptors (Lipinski definition) is 5. The maximum absolute atomic E-state index is 5.26. The van der Waals surface area contributed by atoms with E-state index in [2.05, 4.69) is 29.0 Å². The van der Waals surface area contributed by atoms with Crippen molar-refractivity contribution >= 4 is 27.4 Å². The third-order valence-electron chi connectivity index (χ3n) is 3.31. The van der Waals surface area contributed by atoms with Crippen LogP contribution in [-0.2, 0) is 4.84 Å². The zero-order valence-electron chi connectivity index (χ0n) is 11.6. The average Bonchev–Trinajstić information content (AvgIpc) is 2.85. The molecule has 5 heteroatoms. The van der Waals surface area contributed by atoms with Crippen molar-refractivity contribution < 1.29 is 4.84 Å². The summed E-state index contributed by atoms with van der Waals surface area (Å²) < 4.78 is 0. The van der Waals surface area contributed by atoms with Gasteiger partial charge in [0, 0.05) is 11.9 Å². The van der Waals surface area contributed by atoms with Crippen molar-refractivity contribution in [2.75, 3.05) is 19.2 Å². The monoisotopic (exact) mass is 285 g/mol. The second-order valence-electron chi connectivity index (χ2n) is 4.48. The molecule has 2 aromatic heterocycles. The molecular formula is C15H15N3OS. The van der Waals surface area contributed by atoms with Crippen LogP contribution in [0.1, 0.15) is 5.56 Å². The molecule has 102 valence electrons. The summed E-state index contributed by atoms with van der Waals surface area (Å²) >= 11 is 1.69. The maximum atomic E-state index is 5.26. The Kier molecular flexibility index (Phi) is 3.38. The van der Waals surface area contributed by atoms with Crippen molar-refractivity contribution in [2.24, 2.45) is 0 Å². The second kappa shape index (κ2) is 5.19. The van der Waals surface area contributed by atoms with E-state index in [4.69, 9.17) is 4.84 Å². The van der Waals surface area contributed by atoms with E-state index in [1.165, 1.54) is 16.0 Å². The number of thiophene rings is 1.